The van der Waals surface area contributed by atoms with Crippen molar-refractivity contribution in [2.45, 2.75) is 115 Å². The van der Waals surface area contributed by atoms with E-state index in [1.807, 2.05) is 0 Å². The molecule has 4 rings (SSSR count). The zero-order valence-corrected chi connectivity index (χ0v) is 35.0. The van der Waals surface area contributed by atoms with Crippen LogP contribution in [0.2, 0.25) is 0 Å². The number of carbonyl (C=O) groups is 2. The molecule has 16 nitrogen and oxygen atoms in total. The van der Waals surface area contributed by atoms with Crippen molar-refractivity contribution in [1.29, 1.82) is 0 Å². The topological polar surface area (TPSA) is 185 Å². The Kier molecular flexibility index (Phi) is 17.0. The summed E-state index contributed by atoms with van der Waals surface area (Å²) in [6, 6.07) is 32.5. The molecular weight excluding hydrogens is 784 g/mol. The lowest BCUT2D eigenvalue weighted by atomic mass is 9.94. The smallest absolute Gasteiger partial charge is 0.292 e. The Bertz CT molecular complexity index is 1750. The second-order valence-corrected chi connectivity index (χ2v) is 16.2. The molecule has 0 fully saturated rings. The number of hydrogen-bond donors (Lipinski definition) is 2. The fourth-order valence-electron chi connectivity index (χ4n) is 5.03. The maximum Gasteiger partial charge on any atom is 0.392 e. The third-order valence-electron chi connectivity index (χ3n) is 8.87. The van der Waals surface area contributed by atoms with Crippen LogP contribution in [0, 0.1) is 0 Å². The van der Waals surface area contributed by atoms with Crippen molar-refractivity contribution in [1.82, 2.24) is 0 Å². The summed E-state index contributed by atoms with van der Waals surface area (Å²) < 4.78 is 0. The van der Waals surface area contributed by atoms with Gasteiger partial charge in [-0.3, -0.25) is 9.78 Å². The maximum atomic E-state index is 12.4. The van der Waals surface area contributed by atoms with Gasteiger partial charge in [0.25, 0.3) is 0 Å². The van der Waals surface area contributed by atoms with E-state index < -0.39 is 46.3 Å². The second-order valence-electron chi connectivity index (χ2n) is 16.2. The highest BCUT2D eigenvalue weighted by Crippen LogP contribution is 2.39. The second kappa shape index (κ2) is 21.2. The van der Waals surface area contributed by atoms with E-state index in [9.17, 15) is 20.1 Å². The zero-order chi connectivity index (χ0) is 43.9. The molecule has 0 aliphatic rings. The molecule has 0 spiro atoms. The average molecular weight is 839 g/mol. The molecule has 0 saturated carbocycles. The van der Waals surface area contributed by atoms with Gasteiger partial charge in [-0.2, -0.15) is 39.1 Å². The first kappa shape index (κ1) is 48.0. The first-order valence-electron chi connectivity index (χ1n) is 19.1. The van der Waals surface area contributed by atoms with Gasteiger partial charge in [-0.15, -0.1) is 0 Å². The van der Waals surface area contributed by atoms with Gasteiger partial charge in [-0.1, -0.05) is 97.1 Å². The molecule has 4 aromatic rings. The van der Waals surface area contributed by atoms with Crippen LogP contribution >= 0.6 is 0 Å². The number of hydrogen-bond acceptors (Lipinski definition) is 16. The molecule has 2 unspecified atom stereocenters. The van der Waals surface area contributed by atoms with Gasteiger partial charge in [-0.25, -0.2) is 29.9 Å². The van der Waals surface area contributed by atoms with Gasteiger partial charge in [-0.05, 0) is 105 Å². The molecule has 0 saturated heterocycles. The fraction of sp³-hybridized carbons (Fsp3) is 0.409. The average Bonchev–Trinajstić information content (AvgIpc) is 3.26. The lowest BCUT2D eigenvalue weighted by Crippen LogP contribution is -2.45. The predicted molar refractivity (Wildman–Crippen MR) is 211 cm³/mol. The van der Waals surface area contributed by atoms with Crippen molar-refractivity contribution < 1.29 is 78.8 Å². The summed E-state index contributed by atoms with van der Waals surface area (Å²) in [7, 11) is 0. The van der Waals surface area contributed by atoms with Crippen LogP contribution in [0.15, 0.2) is 121 Å². The molecule has 2 N–H and O–H groups in total. The van der Waals surface area contributed by atoms with Gasteiger partial charge in [0, 0.05) is 11.1 Å². The Morgan fingerprint density at radius 3 is 0.917 bits per heavy atom. The van der Waals surface area contributed by atoms with Crippen LogP contribution in [0.3, 0.4) is 0 Å². The molecular formula is C44H54O16. The summed E-state index contributed by atoms with van der Waals surface area (Å²) in [5, 5.41) is 20.8. The van der Waals surface area contributed by atoms with E-state index in [2.05, 4.69) is 0 Å². The van der Waals surface area contributed by atoms with E-state index in [-0.39, 0.29) is 24.0 Å². The van der Waals surface area contributed by atoms with Crippen molar-refractivity contribution in [3.63, 3.8) is 0 Å². The summed E-state index contributed by atoms with van der Waals surface area (Å²) in [5.41, 5.74) is -3.52. The van der Waals surface area contributed by atoms with Gasteiger partial charge in [0.1, 0.15) is 11.2 Å². The van der Waals surface area contributed by atoms with Crippen LogP contribution in [-0.4, -0.2) is 44.9 Å². The number of benzene rings is 4. The first-order chi connectivity index (χ1) is 28.3. The maximum absolute atomic E-state index is 12.4. The Morgan fingerprint density at radius 1 is 0.383 bits per heavy atom. The van der Waals surface area contributed by atoms with Crippen molar-refractivity contribution in [3.8, 4) is 0 Å². The normalized spacial score (nSPS) is 14.5. The SMILES string of the molecule is CC(C)(CCC(C)(C)OOC(OO)(OOC(OO)(OOC(C)(C)CCC(C)(C)OOC(=O)c1ccccc1)c1ccccc1)c1ccccc1)OOC(=O)c1ccccc1. The van der Waals surface area contributed by atoms with Crippen LogP contribution in [0.1, 0.15) is 113 Å². The molecule has 16 heteroatoms. The molecule has 4 aromatic carbocycles. The summed E-state index contributed by atoms with van der Waals surface area (Å²) in [6.45, 7) is 13.6. The number of carbonyl (C=O) groups excluding carboxylic acids is 2. The van der Waals surface area contributed by atoms with Crippen LogP contribution in [0.4, 0.5) is 0 Å². The van der Waals surface area contributed by atoms with Crippen molar-refractivity contribution in [2.24, 2.45) is 0 Å². The molecule has 0 radical (unpaired) electrons. The standard InChI is InChI=1S/C44H54O16/c1-39(2,53-49-37(45)33-21-13-9-14-22-33)29-31-41(5,6)55-57-43(51-47,35-25-17-11-18-26-35)59-60-44(52-48,36-27-19-12-20-28-36)58-56-42(7,8)32-30-40(3,4)54-50-38(46)34-23-15-10-16-24-34/h9-28,47-48H,29-32H2,1-8H3. The van der Waals surface area contributed by atoms with Gasteiger partial charge in [0.15, 0.2) is 0 Å². The van der Waals surface area contributed by atoms with Crippen LogP contribution in [0.25, 0.3) is 0 Å². The van der Waals surface area contributed by atoms with Gasteiger partial charge >= 0.3 is 23.9 Å². The lowest BCUT2D eigenvalue weighted by Gasteiger charge is -2.36. The Balaban J connectivity index is 1.45. The van der Waals surface area contributed by atoms with E-state index in [1.54, 1.807) is 152 Å². The molecule has 0 heterocycles. The highest BCUT2D eigenvalue weighted by atomic mass is 17.4. The fourth-order valence-corrected chi connectivity index (χ4v) is 5.03. The van der Waals surface area contributed by atoms with Gasteiger partial charge in [0.05, 0.1) is 22.3 Å². The Labute approximate surface area is 349 Å². The molecule has 0 aliphatic heterocycles. The monoisotopic (exact) mass is 838 g/mol. The van der Waals surface area contributed by atoms with Crippen LogP contribution in [-0.2, 0) is 70.6 Å². The van der Waals surface area contributed by atoms with Crippen molar-refractivity contribution >= 4 is 11.9 Å². The van der Waals surface area contributed by atoms with E-state index in [0.717, 1.165) is 0 Å². The van der Waals surface area contributed by atoms with Gasteiger partial charge < -0.3 is 0 Å². The third-order valence-corrected chi connectivity index (χ3v) is 8.87. The quantitative estimate of drug-likeness (QED) is 0.0365. The molecule has 60 heavy (non-hydrogen) atoms. The van der Waals surface area contributed by atoms with E-state index in [4.69, 9.17) is 58.7 Å². The van der Waals surface area contributed by atoms with E-state index in [1.165, 1.54) is 24.3 Å². The molecule has 0 amide bonds. The zero-order valence-electron chi connectivity index (χ0n) is 35.0. The van der Waals surface area contributed by atoms with Crippen LogP contribution in [0.5, 0.6) is 0 Å². The highest BCUT2D eigenvalue weighted by Gasteiger charge is 2.50. The Hall–Kier alpha value is -4.66. The molecule has 2 atom stereocenters. The largest absolute Gasteiger partial charge is 0.392 e. The van der Waals surface area contributed by atoms with Crippen molar-refractivity contribution in [2.75, 3.05) is 0 Å². The predicted octanol–water partition coefficient (Wildman–Crippen LogP) is 9.68. The van der Waals surface area contributed by atoms with E-state index >= 15 is 0 Å². The minimum Gasteiger partial charge on any atom is -0.292 e. The minimum atomic E-state index is -2.70. The molecule has 0 aromatic heterocycles. The van der Waals surface area contributed by atoms with Gasteiger partial charge in [0.2, 0.25) is 0 Å². The molecule has 0 bridgehead atoms. The third kappa shape index (κ3) is 14.5. The number of rotatable bonds is 25. The summed E-state index contributed by atoms with van der Waals surface area (Å²) >= 11 is 0. The first-order valence-corrected chi connectivity index (χ1v) is 19.1. The molecule has 0 aliphatic carbocycles. The summed E-state index contributed by atoms with van der Waals surface area (Å²) in [5.74, 6) is -6.71. The lowest BCUT2D eigenvalue weighted by molar-refractivity contribution is -0.716. The van der Waals surface area contributed by atoms with Crippen molar-refractivity contribution in [3.05, 3.63) is 144 Å². The minimum absolute atomic E-state index is 0.0242. The summed E-state index contributed by atoms with van der Waals surface area (Å²) in [4.78, 5) is 89.8. The summed E-state index contributed by atoms with van der Waals surface area (Å²) in [6.07, 6.45) is 1.08. The highest BCUT2D eigenvalue weighted by molar-refractivity contribution is 5.89. The molecule has 326 valence electrons. The van der Waals surface area contributed by atoms with Crippen LogP contribution < -0.4 is 0 Å². The Morgan fingerprint density at radius 2 is 0.633 bits per heavy atom. The van der Waals surface area contributed by atoms with E-state index in [0.29, 0.717) is 24.0 Å².